The molecule has 0 aliphatic heterocycles. The van der Waals surface area contributed by atoms with E-state index in [2.05, 4.69) is 49.5 Å². The average Bonchev–Trinajstić information content (AvgIpc) is 2.78. The van der Waals surface area contributed by atoms with Crippen LogP contribution in [0.25, 0.3) is 0 Å². The minimum Gasteiger partial charge on any atom is -0.313 e. The Bertz CT molecular complexity index is 449. The average molecular weight is 255 g/mol. The van der Waals surface area contributed by atoms with Crippen molar-refractivity contribution in [1.82, 2.24) is 5.32 Å². The van der Waals surface area contributed by atoms with E-state index in [0.29, 0.717) is 6.04 Å². The molecule has 0 radical (unpaired) electrons. The maximum Gasteiger partial charge on any atom is 0.0148 e. The second kappa shape index (κ2) is 5.50. The first-order chi connectivity index (χ1) is 9.20. The van der Waals surface area contributed by atoms with E-state index in [0.717, 1.165) is 11.8 Å². The van der Waals surface area contributed by atoms with Gasteiger partial charge in [0, 0.05) is 6.04 Å². The van der Waals surface area contributed by atoms with Crippen LogP contribution >= 0.6 is 0 Å². The molecule has 0 amide bonds. The molecule has 2 aliphatic carbocycles. The summed E-state index contributed by atoms with van der Waals surface area (Å²) in [6, 6.07) is 9.56. The van der Waals surface area contributed by atoms with Gasteiger partial charge in [-0.1, -0.05) is 42.8 Å². The third-order valence-electron chi connectivity index (χ3n) is 4.63. The zero-order valence-corrected chi connectivity index (χ0v) is 12.2. The molecule has 1 nitrogen and oxygen atoms in total. The lowest BCUT2D eigenvalue weighted by Gasteiger charge is -2.27. The normalized spacial score (nSPS) is 27.2. The van der Waals surface area contributed by atoms with Crippen LogP contribution in [-0.2, 0) is 12.8 Å². The summed E-state index contributed by atoms with van der Waals surface area (Å²) in [6.45, 7) is 5.82. The highest BCUT2D eigenvalue weighted by molar-refractivity contribution is 5.33. The Labute approximate surface area is 117 Å². The first-order valence-electron chi connectivity index (χ1n) is 7.68. The van der Waals surface area contributed by atoms with Gasteiger partial charge in [0.15, 0.2) is 0 Å². The van der Waals surface area contributed by atoms with Crippen molar-refractivity contribution in [1.29, 1.82) is 0 Å². The van der Waals surface area contributed by atoms with E-state index in [-0.39, 0.29) is 0 Å². The van der Waals surface area contributed by atoms with Crippen LogP contribution in [0.15, 0.2) is 35.9 Å². The molecule has 0 spiro atoms. The van der Waals surface area contributed by atoms with E-state index in [1.54, 1.807) is 16.7 Å². The van der Waals surface area contributed by atoms with Gasteiger partial charge in [0.05, 0.1) is 0 Å². The van der Waals surface area contributed by atoms with Crippen LogP contribution in [0.5, 0.6) is 0 Å². The van der Waals surface area contributed by atoms with E-state index in [9.17, 15) is 0 Å². The number of nitrogens with one attached hydrogen (secondary N) is 1. The second-order valence-electron chi connectivity index (χ2n) is 6.58. The summed E-state index contributed by atoms with van der Waals surface area (Å²) in [4.78, 5) is 0. The molecule has 0 saturated carbocycles. The van der Waals surface area contributed by atoms with Gasteiger partial charge < -0.3 is 5.32 Å². The quantitative estimate of drug-likeness (QED) is 0.811. The first-order valence-corrected chi connectivity index (χ1v) is 7.68. The molecule has 19 heavy (non-hydrogen) atoms. The van der Waals surface area contributed by atoms with Gasteiger partial charge in [-0.05, 0) is 62.1 Å². The zero-order chi connectivity index (χ0) is 13.2. The summed E-state index contributed by atoms with van der Waals surface area (Å²) in [6.07, 6.45) is 7.52. The van der Waals surface area contributed by atoms with Crippen molar-refractivity contribution in [3.8, 4) is 0 Å². The van der Waals surface area contributed by atoms with Crippen LogP contribution in [0.1, 0.15) is 37.8 Å². The topological polar surface area (TPSA) is 12.0 Å². The smallest absolute Gasteiger partial charge is 0.0148 e. The Kier molecular flexibility index (Phi) is 3.74. The van der Waals surface area contributed by atoms with Crippen molar-refractivity contribution in [2.45, 2.75) is 45.6 Å². The Morgan fingerprint density at radius 3 is 2.42 bits per heavy atom. The van der Waals surface area contributed by atoms with Gasteiger partial charge in [0.25, 0.3) is 0 Å². The van der Waals surface area contributed by atoms with Crippen molar-refractivity contribution in [3.05, 3.63) is 47.0 Å². The fourth-order valence-electron chi connectivity index (χ4n) is 3.88. The van der Waals surface area contributed by atoms with Crippen LogP contribution in [0.4, 0.5) is 0 Å². The maximum absolute atomic E-state index is 3.81. The van der Waals surface area contributed by atoms with Gasteiger partial charge in [-0.15, -0.1) is 0 Å². The van der Waals surface area contributed by atoms with Gasteiger partial charge in [-0.3, -0.25) is 0 Å². The molecule has 1 aromatic rings. The van der Waals surface area contributed by atoms with Gasteiger partial charge in [-0.2, -0.15) is 0 Å². The highest BCUT2D eigenvalue weighted by Crippen LogP contribution is 2.28. The molecular formula is C18H25N. The van der Waals surface area contributed by atoms with Crippen molar-refractivity contribution >= 4 is 0 Å². The zero-order valence-electron chi connectivity index (χ0n) is 12.2. The van der Waals surface area contributed by atoms with Crippen LogP contribution < -0.4 is 5.32 Å². The van der Waals surface area contributed by atoms with Crippen molar-refractivity contribution in [2.75, 3.05) is 6.54 Å². The monoisotopic (exact) mass is 255 g/mol. The largest absolute Gasteiger partial charge is 0.313 e. The maximum atomic E-state index is 3.81. The molecule has 0 heterocycles. The van der Waals surface area contributed by atoms with E-state index in [4.69, 9.17) is 0 Å². The van der Waals surface area contributed by atoms with E-state index >= 15 is 0 Å². The molecular weight excluding hydrogens is 230 g/mol. The highest BCUT2D eigenvalue weighted by Gasteiger charge is 2.23. The van der Waals surface area contributed by atoms with Crippen LogP contribution in [-0.4, -0.2) is 12.6 Å². The van der Waals surface area contributed by atoms with Crippen LogP contribution in [0, 0.1) is 11.8 Å². The Hall–Kier alpha value is -1.08. The lowest BCUT2D eigenvalue weighted by atomic mass is 9.83. The van der Waals surface area contributed by atoms with Crippen molar-refractivity contribution in [2.24, 2.45) is 11.8 Å². The summed E-state index contributed by atoms with van der Waals surface area (Å²) in [5.41, 5.74) is 4.68. The summed E-state index contributed by atoms with van der Waals surface area (Å²) in [5.74, 6) is 1.60. The second-order valence-corrected chi connectivity index (χ2v) is 6.58. The fraction of sp³-hybridized carbons (Fsp3) is 0.556. The number of hydrogen-bond acceptors (Lipinski definition) is 1. The number of benzene rings is 1. The van der Waals surface area contributed by atoms with E-state index in [1.807, 2.05) is 0 Å². The molecule has 2 atom stereocenters. The lowest BCUT2D eigenvalue weighted by molar-refractivity contribution is 0.361. The fourth-order valence-corrected chi connectivity index (χ4v) is 3.88. The predicted octanol–water partition coefficient (Wildman–Crippen LogP) is 3.74. The minimum absolute atomic E-state index is 0.666. The van der Waals surface area contributed by atoms with Crippen molar-refractivity contribution in [3.63, 3.8) is 0 Å². The van der Waals surface area contributed by atoms with E-state index < -0.39 is 0 Å². The summed E-state index contributed by atoms with van der Waals surface area (Å²) < 4.78 is 0. The molecule has 1 aromatic carbocycles. The first kappa shape index (κ1) is 12.9. The SMILES string of the molecule is CC1=CC(C)CC(CNC2Cc3ccccc3C2)C1. The lowest BCUT2D eigenvalue weighted by Crippen LogP contribution is -2.35. The molecule has 0 bridgehead atoms. The molecule has 102 valence electrons. The molecule has 3 rings (SSSR count). The Balaban J connectivity index is 1.51. The number of rotatable bonds is 3. The van der Waals surface area contributed by atoms with Crippen molar-refractivity contribution < 1.29 is 0 Å². The van der Waals surface area contributed by atoms with Crippen LogP contribution in [0.2, 0.25) is 0 Å². The van der Waals surface area contributed by atoms with Gasteiger partial charge >= 0.3 is 0 Å². The van der Waals surface area contributed by atoms with Gasteiger partial charge in [0.1, 0.15) is 0 Å². The number of allylic oxidation sites excluding steroid dienone is 2. The van der Waals surface area contributed by atoms with Crippen LogP contribution in [0.3, 0.4) is 0 Å². The minimum atomic E-state index is 0.666. The third kappa shape index (κ3) is 3.09. The van der Waals surface area contributed by atoms with Gasteiger partial charge in [-0.25, -0.2) is 0 Å². The molecule has 2 unspecified atom stereocenters. The summed E-state index contributed by atoms with van der Waals surface area (Å²) in [5, 5.41) is 3.81. The van der Waals surface area contributed by atoms with Gasteiger partial charge in [0.2, 0.25) is 0 Å². The standard InChI is InChI=1S/C18H25N/c1-13-7-14(2)9-15(8-13)12-19-18-10-16-5-3-4-6-17(16)11-18/h3-7,13,15,18-19H,8-12H2,1-2H3. The third-order valence-corrected chi connectivity index (χ3v) is 4.63. The summed E-state index contributed by atoms with van der Waals surface area (Å²) >= 11 is 0. The molecule has 0 saturated heterocycles. The molecule has 0 aromatic heterocycles. The molecule has 0 fully saturated rings. The highest BCUT2D eigenvalue weighted by atomic mass is 14.9. The summed E-state index contributed by atoms with van der Waals surface area (Å²) in [7, 11) is 0. The molecule has 2 aliphatic rings. The van der Waals surface area contributed by atoms with E-state index in [1.165, 1.54) is 32.2 Å². The predicted molar refractivity (Wildman–Crippen MR) is 81.3 cm³/mol. The number of fused-ring (bicyclic) bond motifs is 1. The number of hydrogen-bond donors (Lipinski definition) is 1. The Morgan fingerprint density at radius 1 is 1.11 bits per heavy atom. The molecule has 1 N–H and O–H groups in total. The Morgan fingerprint density at radius 2 is 1.79 bits per heavy atom. The molecule has 1 heteroatoms.